The average Bonchev–Trinajstić information content (AvgIpc) is 3.33. The zero-order chi connectivity index (χ0) is 22.3. The molecule has 1 unspecified atom stereocenters. The van der Waals surface area contributed by atoms with E-state index in [2.05, 4.69) is 5.16 Å². The van der Waals surface area contributed by atoms with E-state index in [0.717, 1.165) is 0 Å². The number of carbonyl (C=O) groups excluding carboxylic acids is 2. The van der Waals surface area contributed by atoms with Crippen molar-refractivity contribution in [2.24, 2.45) is 0 Å². The molecule has 2 heterocycles. The molecule has 1 N–H and O–H groups in total. The minimum atomic E-state index is -0.879. The Morgan fingerprint density at radius 2 is 1.71 bits per heavy atom. The van der Waals surface area contributed by atoms with Crippen LogP contribution in [0.2, 0.25) is 5.02 Å². The van der Waals surface area contributed by atoms with E-state index < -0.39 is 17.7 Å². The summed E-state index contributed by atoms with van der Waals surface area (Å²) in [5, 5.41) is 15.6. The van der Waals surface area contributed by atoms with Crippen molar-refractivity contribution in [3.05, 3.63) is 88.1 Å². The van der Waals surface area contributed by atoms with Gasteiger partial charge in [0.25, 0.3) is 5.78 Å². The number of rotatable bonds is 3. The van der Waals surface area contributed by atoms with Gasteiger partial charge in [0.05, 0.1) is 11.6 Å². The first kappa shape index (κ1) is 20.9. The zero-order valence-corrected chi connectivity index (χ0v) is 18.1. The Hall–Kier alpha value is -3.38. The molecule has 1 aliphatic heterocycles. The first-order chi connectivity index (χ1) is 14.7. The average molecular weight is 437 g/mol. The molecule has 31 heavy (non-hydrogen) atoms. The number of anilines is 1. The van der Waals surface area contributed by atoms with Gasteiger partial charge in [-0.1, -0.05) is 80.0 Å². The molecule has 4 rings (SSSR count). The van der Waals surface area contributed by atoms with Gasteiger partial charge in [0, 0.05) is 22.1 Å². The molecule has 1 fully saturated rings. The van der Waals surface area contributed by atoms with Gasteiger partial charge < -0.3 is 9.63 Å². The van der Waals surface area contributed by atoms with Gasteiger partial charge in [0.15, 0.2) is 5.82 Å². The van der Waals surface area contributed by atoms with Crippen LogP contribution in [0.15, 0.2) is 70.8 Å². The number of hydrogen-bond donors (Lipinski definition) is 1. The van der Waals surface area contributed by atoms with Crippen molar-refractivity contribution in [3.63, 3.8) is 0 Å². The molecule has 0 saturated carbocycles. The molecule has 7 heteroatoms. The lowest BCUT2D eigenvalue weighted by atomic mass is 9.93. The van der Waals surface area contributed by atoms with Crippen molar-refractivity contribution in [2.75, 3.05) is 4.90 Å². The van der Waals surface area contributed by atoms with Crippen molar-refractivity contribution in [1.82, 2.24) is 5.16 Å². The summed E-state index contributed by atoms with van der Waals surface area (Å²) >= 11 is 6.04. The second-order valence-electron chi connectivity index (χ2n) is 8.39. The molecule has 3 aromatic rings. The van der Waals surface area contributed by atoms with E-state index in [1.54, 1.807) is 60.7 Å². The maximum Gasteiger partial charge on any atom is 0.301 e. The molecule has 2 aromatic carbocycles. The Balaban J connectivity index is 1.92. The summed E-state index contributed by atoms with van der Waals surface area (Å²) < 4.78 is 5.45. The third-order valence-corrected chi connectivity index (χ3v) is 5.41. The number of carbonyl (C=O) groups is 2. The fraction of sp³-hybridized carbons (Fsp3) is 0.208. The van der Waals surface area contributed by atoms with Crippen LogP contribution >= 0.6 is 11.6 Å². The fourth-order valence-corrected chi connectivity index (χ4v) is 3.64. The number of benzene rings is 2. The highest BCUT2D eigenvalue weighted by atomic mass is 35.5. The molecule has 6 nitrogen and oxygen atoms in total. The van der Waals surface area contributed by atoms with Crippen LogP contribution in [0.4, 0.5) is 5.82 Å². The molecule has 0 aliphatic carbocycles. The standard InChI is InChI=1S/C24H21ClN2O4/c1-24(2,3)17-13-18(26-31-17)27-20(14-9-11-16(25)12-10-14)19(22(29)23(27)30)21(28)15-7-5-4-6-8-15/h4-13,20,28H,1-3H3. The predicted octanol–water partition coefficient (Wildman–Crippen LogP) is 5.25. The molecular formula is C24H21ClN2O4. The highest BCUT2D eigenvalue weighted by molar-refractivity contribution is 6.51. The molecule has 1 aliphatic rings. The van der Waals surface area contributed by atoms with Gasteiger partial charge in [-0.2, -0.15) is 0 Å². The van der Waals surface area contributed by atoms with Gasteiger partial charge in [-0.15, -0.1) is 0 Å². The van der Waals surface area contributed by atoms with Gasteiger partial charge in [0.1, 0.15) is 11.5 Å². The number of aromatic nitrogens is 1. The Bertz CT molecular complexity index is 1170. The van der Waals surface area contributed by atoms with Crippen LogP contribution in [-0.4, -0.2) is 22.0 Å². The lowest BCUT2D eigenvalue weighted by Gasteiger charge is -2.23. The molecule has 0 spiro atoms. The second-order valence-corrected chi connectivity index (χ2v) is 8.82. The van der Waals surface area contributed by atoms with E-state index in [0.29, 0.717) is 21.9 Å². The van der Waals surface area contributed by atoms with E-state index >= 15 is 0 Å². The summed E-state index contributed by atoms with van der Waals surface area (Å²) in [7, 11) is 0. The third-order valence-electron chi connectivity index (χ3n) is 5.16. The molecule has 0 radical (unpaired) electrons. The van der Waals surface area contributed by atoms with Crippen LogP contribution in [0, 0.1) is 0 Å². The summed E-state index contributed by atoms with van der Waals surface area (Å²) in [5.41, 5.74) is 0.703. The summed E-state index contributed by atoms with van der Waals surface area (Å²) in [6.45, 7) is 5.87. The quantitative estimate of drug-likeness (QED) is 0.344. The first-order valence-corrected chi connectivity index (χ1v) is 10.2. The number of aliphatic hydroxyl groups excluding tert-OH is 1. The number of amides is 1. The number of hydrogen-bond acceptors (Lipinski definition) is 5. The zero-order valence-electron chi connectivity index (χ0n) is 17.3. The highest BCUT2D eigenvalue weighted by Gasteiger charge is 2.48. The number of ketones is 1. The first-order valence-electron chi connectivity index (χ1n) is 9.77. The Kier molecular flexibility index (Phi) is 5.19. The molecule has 1 saturated heterocycles. The summed E-state index contributed by atoms with van der Waals surface area (Å²) in [6, 6.07) is 16.2. The topological polar surface area (TPSA) is 83.6 Å². The van der Waals surface area contributed by atoms with Crippen LogP contribution in [0.1, 0.15) is 43.7 Å². The van der Waals surface area contributed by atoms with E-state index in [9.17, 15) is 14.7 Å². The summed E-state index contributed by atoms with van der Waals surface area (Å²) in [5.74, 6) is -1.05. The second kappa shape index (κ2) is 7.71. The van der Waals surface area contributed by atoms with Crippen molar-refractivity contribution in [1.29, 1.82) is 0 Å². The number of aliphatic hydroxyl groups is 1. The fourth-order valence-electron chi connectivity index (χ4n) is 3.51. The minimum absolute atomic E-state index is 0.0150. The summed E-state index contributed by atoms with van der Waals surface area (Å²) in [4.78, 5) is 27.4. The Labute approximate surface area is 184 Å². The summed E-state index contributed by atoms with van der Waals surface area (Å²) in [6.07, 6.45) is 0. The van der Waals surface area contributed by atoms with Gasteiger partial charge in [-0.05, 0) is 17.7 Å². The number of nitrogens with zero attached hydrogens (tertiary/aromatic N) is 2. The van der Waals surface area contributed by atoms with Gasteiger partial charge in [-0.3, -0.25) is 14.5 Å². The van der Waals surface area contributed by atoms with Crippen LogP contribution in [-0.2, 0) is 15.0 Å². The smallest absolute Gasteiger partial charge is 0.301 e. The third kappa shape index (κ3) is 3.75. The maximum absolute atomic E-state index is 13.1. The molecule has 1 amide bonds. The molecule has 0 bridgehead atoms. The van der Waals surface area contributed by atoms with E-state index in [1.807, 2.05) is 20.8 Å². The Morgan fingerprint density at radius 1 is 1.06 bits per heavy atom. The van der Waals surface area contributed by atoms with Crippen LogP contribution in [0.25, 0.3) is 5.76 Å². The largest absolute Gasteiger partial charge is 0.507 e. The van der Waals surface area contributed by atoms with E-state index in [4.69, 9.17) is 16.1 Å². The molecule has 1 atom stereocenters. The van der Waals surface area contributed by atoms with Gasteiger partial charge >= 0.3 is 5.91 Å². The SMILES string of the molecule is CC(C)(C)c1cc(N2C(=O)C(=O)C(=C(O)c3ccccc3)C2c2ccc(Cl)cc2)no1. The lowest BCUT2D eigenvalue weighted by molar-refractivity contribution is -0.132. The van der Waals surface area contributed by atoms with E-state index in [1.165, 1.54) is 4.90 Å². The van der Waals surface area contributed by atoms with Crippen molar-refractivity contribution in [3.8, 4) is 0 Å². The van der Waals surface area contributed by atoms with Crippen molar-refractivity contribution < 1.29 is 19.2 Å². The maximum atomic E-state index is 13.1. The minimum Gasteiger partial charge on any atom is -0.507 e. The molecule has 158 valence electrons. The molecule has 1 aromatic heterocycles. The lowest BCUT2D eigenvalue weighted by Crippen LogP contribution is -2.29. The Morgan fingerprint density at radius 3 is 2.29 bits per heavy atom. The van der Waals surface area contributed by atoms with Crippen LogP contribution in [0.3, 0.4) is 0 Å². The van der Waals surface area contributed by atoms with Crippen molar-refractivity contribution in [2.45, 2.75) is 32.2 Å². The van der Waals surface area contributed by atoms with Gasteiger partial charge in [0.2, 0.25) is 0 Å². The highest BCUT2D eigenvalue weighted by Crippen LogP contribution is 2.42. The van der Waals surface area contributed by atoms with E-state index in [-0.39, 0.29) is 22.6 Å². The molecular weight excluding hydrogens is 416 g/mol. The normalized spacial score (nSPS) is 18.6. The number of Topliss-reactive ketones (excluding diaryl/α,β-unsaturated/α-hetero) is 1. The van der Waals surface area contributed by atoms with Gasteiger partial charge in [-0.25, -0.2) is 0 Å². The van der Waals surface area contributed by atoms with Crippen molar-refractivity contribution >= 4 is 34.9 Å². The van der Waals surface area contributed by atoms with Crippen LogP contribution < -0.4 is 4.90 Å². The number of halogens is 1. The monoisotopic (exact) mass is 436 g/mol. The van der Waals surface area contributed by atoms with Crippen LogP contribution in [0.5, 0.6) is 0 Å². The predicted molar refractivity (Wildman–Crippen MR) is 118 cm³/mol.